The second-order valence-corrected chi connectivity index (χ2v) is 3.90. The van der Waals surface area contributed by atoms with Gasteiger partial charge in [0.15, 0.2) is 0 Å². The predicted molar refractivity (Wildman–Crippen MR) is 61.1 cm³/mol. The second kappa shape index (κ2) is 4.24. The van der Waals surface area contributed by atoms with E-state index in [1.54, 1.807) is 11.3 Å². The Kier molecular flexibility index (Phi) is 2.79. The SMILES string of the molecule is CCn1ccnc1C=Cc1cccs1. The zero-order valence-corrected chi connectivity index (χ0v) is 8.87. The van der Waals surface area contributed by atoms with Crippen LogP contribution in [-0.2, 0) is 6.54 Å². The molecule has 3 heteroatoms. The van der Waals surface area contributed by atoms with Crippen LogP contribution < -0.4 is 0 Å². The Morgan fingerprint density at radius 1 is 1.50 bits per heavy atom. The van der Waals surface area contributed by atoms with E-state index in [0.29, 0.717) is 0 Å². The van der Waals surface area contributed by atoms with Crippen molar-refractivity contribution in [3.63, 3.8) is 0 Å². The molecule has 0 aliphatic heterocycles. The Balaban J connectivity index is 2.18. The highest BCUT2D eigenvalue weighted by Crippen LogP contribution is 2.12. The molecule has 0 aromatic carbocycles. The molecular weight excluding hydrogens is 192 g/mol. The van der Waals surface area contributed by atoms with E-state index >= 15 is 0 Å². The molecule has 72 valence electrons. The van der Waals surface area contributed by atoms with Crippen LogP contribution in [0.15, 0.2) is 29.9 Å². The van der Waals surface area contributed by atoms with E-state index in [9.17, 15) is 0 Å². The Bertz CT molecular complexity index is 412. The lowest BCUT2D eigenvalue weighted by molar-refractivity contribution is 0.753. The number of aromatic nitrogens is 2. The molecule has 0 aliphatic rings. The van der Waals surface area contributed by atoms with E-state index in [0.717, 1.165) is 12.4 Å². The largest absolute Gasteiger partial charge is 0.332 e. The monoisotopic (exact) mass is 204 g/mol. The molecule has 0 radical (unpaired) electrons. The fourth-order valence-corrected chi connectivity index (χ4v) is 1.91. The van der Waals surface area contributed by atoms with Crippen molar-refractivity contribution in [3.8, 4) is 0 Å². The molecule has 2 nitrogen and oxygen atoms in total. The quantitative estimate of drug-likeness (QED) is 0.751. The van der Waals surface area contributed by atoms with Crippen LogP contribution in [0.2, 0.25) is 0 Å². The third kappa shape index (κ3) is 1.93. The first kappa shape index (κ1) is 9.21. The van der Waals surface area contributed by atoms with Crippen LogP contribution in [0.1, 0.15) is 17.6 Å². The van der Waals surface area contributed by atoms with Crippen LogP contribution in [0.4, 0.5) is 0 Å². The van der Waals surface area contributed by atoms with Gasteiger partial charge in [0.25, 0.3) is 0 Å². The zero-order valence-electron chi connectivity index (χ0n) is 8.05. The molecule has 2 heterocycles. The molecule has 0 spiro atoms. The fourth-order valence-electron chi connectivity index (χ4n) is 1.29. The predicted octanol–water partition coefficient (Wildman–Crippen LogP) is 3.13. The van der Waals surface area contributed by atoms with E-state index in [1.807, 2.05) is 12.4 Å². The average molecular weight is 204 g/mol. The minimum absolute atomic E-state index is 0.962. The van der Waals surface area contributed by atoms with E-state index in [4.69, 9.17) is 0 Å². The van der Waals surface area contributed by atoms with Crippen molar-refractivity contribution in [2.45, 2.75) is 13.5 Å². The maximum atomic E-state index is 4.27. The van der Waals surface area contributed by atoms with Crippen molar-refractivity contribution in [3.05, 3.63) is 40.6 Å². The Morgan fingerprint density at radius 2 is 2.43 bits per heavy atom. The number of imidazole rings is 1. The molecular formula is C11H12N2S. The van der Waals surface area contributed by atoms with Crippen molar-refractivity contribution in [2.75, 3.05) is 0 Å². The summed E-state index contributed by atoms with van der Waals surface area (Å²) in [6.45, 7) is 3.08. The van der Waals surface area contributed by atoms with Gasteiger partial charge in [-0.1, -0.05) is 6.07 Å². The molecule has 0 aliphatic carbocycles. The van der Waals surface area contributed by atoms with Crippen LogP contribution in [0, 0.1) is 0 Å². The average Bonchev–Trinajstić information content (AvgIpc) is 2.85. The van der Waals surface area contributed by atoms with Gasteiger partial charge in [0.2, 0.25) is 0 Å². The molecule has 2 aromatic rings. The van der Waals surface area contributed by atoms with Gasteiger partial charge in [-0.2, -0.15) is 0 Å². The van der Waals surface area contributed by atoms with Gasteiger partial charge in [0.1, 0.15) is 5.82 Å². The maximum Gasteiger partial charge on any atom is 0.132 e. The van der Waals surface area contributed by atoms with Crippen molar-refractivity contribution in [2.24, 2.45) is 0 Å². The van der Waals surface area contributed by atoms with Gasteiger partial charge >= 0.3 is 0 Å². The molecule has 0 N–H and O–H groups in total. The summed E-state index contributed by atoms with van der Waals surface area (Å²) in [5.41, 5.74) is 0. The fraction of sp³-hybridized carbons (Fsp3) is 0.182. The first-order chi connectivity index (χ1) is 6.90. The summed E-state index contributed by atoms with van der Waals surface area (Å²) in [7, 11) is 0. The molecule has 0 bridgehead atoms. The summed E-state index contributed by atoms with van der Waals surface area (Å²) in [6, 6.07) is 4.15. The van der Waals surface area contributed by atoms with Gasteiger partial charge in [-0.3, -0.25) is 0 Å². The summed E-state index contributed by atoms with van der Waals surface area (Å²) in [4.78, 5) is 5.53. The number of rotatable bonds is 3. The molecule has 0 fully saturated rings. The lowest BCUT2D eigenvalue weighted by Crippen LogP contribution is -1.94. The van der Waals surface area contributed by atoms with Crippen LogP contribution >= 0.6 is 11.3 Å². The molecule has 2 aromatic heterocycles. The van der Waals surface area contributed by atoms with Gasteiger partial charge in [0.05, 0.1) is 0 Å². The van der Waals surface area contributed by atoms with Crippen molar-refractivity contribution >= 4 is 23.5 Å². The molecule has 0 amide bonds. The number of aryl methyl sites for hydroxylation is 1. The van der Waals surface area contributed by atoms with Gasteiger partial charge in [-0.15, -0.1) is 11.3 Å². The molecule has 0 saturated carbocycles. The molecule has 14 heavy (non-hydrogen) atoms. The summed E-state index contributed by atoms with van der Waals surface area (Å²) in [5, 5.41) is 2.08. The highest BCUT2D eigenvalue weighted by Gasteiger charge is 1.95. The van der Waals surface area contributed by atoms with E-state index in [2.05, 4.69) is 46.1 Å². The molecule has 2 rings (SSSR count). The number of hydrogen-bond acceptors (Lipinski definition) is 2. The first-order valence-electron chi connectivity index (χ1n) is 4.63. The molecule has 0 unspecified atom stereocenters. The highest BCUT2D eigenvalue weighted by molar-refractivity contribution is 7.10. The third-order valence-corrected chi connectivity index (χ3v) is 2.87. The topological polar surface area (TPSA) is 17.8 Å². The first-order valence-corrected chi connectivity index (χ1v) is 5.51. The Labute approximate surface area is 87.5 Å². The number of thiophene rings is 1. The van der Waals surface area contributed by atoms with Gasteiger partial charge in [-0.25, -0.2) is 4.98 Å². The number of hydrogen-bond donors (Lipinski definition) is 0. The smallest absolute Gasteiger partial charge is 0.132 e. The Morgan fingerprint density at radius 3 is 3.14 bits per heavy atom. The van der Waals surface area contributed by atoms with Gasteiger partial charge in [0, 0.05) is 23.8 Å². The lowest BCUT2D eigenvalue weighted by Gasteiger charge is -1.97. The second-order valence-electron chi connectivity index (χ2n) is 2.92. The summed E-state index contributed by atoms with van der Waals surface area (Å²) in [6.07, 6.45) is 7.97. The van der Waals surface area contributed by atoms with Crippen molar-refractivity contribution < 1.29 is 0 Å². The van der Waals surface area contributed by atoms with E-state index in [-0.39, 0.29) is 0 Å². The minimum atomic E-state index is 0.962. The molecule has 0 atom stereocenters. The summed E-state index contributed by atoms with van der Waals surface area (Å²) in [5.74, 6) is 1.01. The third-order valence-electron chi connectivity index (χ3n) is 2.03. The zero-order chi connectivity index (χ0) is 9.80. The maximum absolute atomic E-state index is 4.27. The summed E-state index contributed by atoms with van der Waals surface area (Å²) >= 11 is 1.73. The summed E-state index contributed by atoms with van der Waals surface area (Å²) < 4.78 is 2.12. The van der Waals surface area contributed by atoms with Crippen LogP contribution in [0.5, 0.6) is 0 Å². The van der Waals surface area contributed by atoms with Crippen LogP contribution in [0.3, 0.4) is 0 Å². The molecule has 0 saturated heterocycles. The van der Waals surface area contributed by atoms with Crippen molar-refractivity contribution in [1.82, 2.24) is 9.55 Å². The highest BCUT2D eigenvalue weighted by atomic mass is 32.1. The van der Waals surface area contributed by atoms with Crippen LogP contribution in [0.25, 0.3) is 12.2 Å². The standard InChI is InChI=1S/C11H12N2S/c1-2-13-8-7-12-11(13)6-5-10-4-3-9-14-10/h3-9H,2H2,1H3. The van der Waals surface area contributed by atoms with Gasteiger partial charge < -0.3 is 4.57 Å². The Hall–Kier alpha value is -1.35. The normalized spacial score (nSPS) is 11.2. The van der Waals surface area contributed by atoms with Gasteiger partial charge in [-0.05, 0) is 30.5 Å². The number of nitrogens with zero attached hydrogens (tertiary/aromatic N) is 2. The van der Waals surface area contributed by atoms with E-state index in [1.165, 1.54) is 4.88 Å². The minimum Gasteiger partial charge on any atom is -0.332 e. The lowest BCUT2D eigenvalue weighted by atomic mass is 10.4. The van der Waals surface area contributed by atoms with Crippen LogP contribution in [-0.4, -0.2) is 9.55 Å². The van der Waals surface area contributed by atoms with Crippen molar-refractivity contribution in [1.29, 1.82) is 0 Å². The van der Waals surface area contributed by atoms with E-state index < -0.39 is 0 Å².